The van der Waals surface area contributed by atoms with Crippen LogP contribution >= 0.6 is 11.8 Å². The number of aryl methyl sites for hydroxylation is 1. The SMILES string of the molecule is Cc1nc(C(C)(C)NC(=O)CSc2nncn2-c2ccc(C(C)C)cc2)no1. The molecule has 0 aliphatic carbocycles. The van der Waals surface area contributed by atoms with E-state index in [9.17, 15) is 4.79 Å². The lowest BCUT2D eigenvalue weighted by atomic mass is 10.0. The Labute approximate surface area is 168 Å². The third-order valence-electron chi connectivity index (χ3n) is 4.23. The highest BCUT2D eigenvalue weighted by Gasteiger charge is 2.28. The van der Waals surface area contributed by atoms with Gasteiger partial charge in [0.2, 0.25) is 11.8 Å². The van der Waals surface area contributed by atoms with E-state index in [0.717, 1.165) is 5.69 Å². The number of amides is 1. The molecule has 3 rings (SSSR count). The van der Waals surface area contributed by atoms with Gasteiger partial charge in [-0.15, -0.1) is 10.2 Å². The van der Waals surface area contributed by atoms with Crippen LogP contribution in [0.25, 0.3) is 5.69 Å². The zero-order chi connectivity index (χ0) is 20.3. The van der Waals surface area contributed by atoms with Gasteiger partial charge in [0.15, 0.2) is 11.0 Å². The van der Waals surface area contributed by atoms with E-state index >= 15 is 0 Å². The first-order valence-corrected chi connectivity index (χ1v) is 10.00. The summed E-state index contributed by atoms with van der Waals surface area (Å²) in [7, 11) is 0. The molecule has 1 N–H and O–H groups in total. The number of hydrogen-bond donors (Lipinski definition) is 1. The number of hydrogen-bond acceptors (Lipinski definition) is 7. The molecule has 0 saturated carbocycles. The molecule has 1 aromatic carbocycles. The summed E-state index contributed by atoms with van der Waals surface area (Å²) in [6.07, 6.45) is 1.65. The van der Waals surface area contributed by atoms with E-state index < -0.39 is 5.54 Å². The Kier molecular flexibility index (Phi) is 5.83. The molecule has 0 unspecified atom stereocenters. The number of carbonyl (C=O) groups excluding carboxylic acids is 1. The molecule has 0 aliphatic rings. The van der Waals surface area contributed by atoms with Gasteiger partial charge in [-0.3, -0.25) is 9.36 Å². The Hall–Kier alpha value is -2.68. The predicted octanol–water partition coefficient (Wildman–Crippen LogP) is 3.23. The van der Waals surface area contributed by atoms with Crippen LogP contribution in [0.2, 0.25) is 0 Å². The zero-order valence-electron chi connectivity index (χ0n) is 16.6. The second-order valence-electron chi connectivity index (χ2n) is 7.33. The van der Waals surface area contributed by atoms with Crippen molar-refractivity contribution in [1.82, 2.24) is 30.2 Å². The fraction of sp³-hybridized carbons (Fsp3) is 0.421. The number of thioether (sulfide) groups is 1. The second kappa shape index (κ2) is 8.14. The van der Waals surface area contributed by atoms with Crippen molar-refractivity contribution >= 4 is 17.7 Å². The standard InChI is InChI=1S/C19H24N6O2S/c1-12(2)14-6-8-15(9-7-14)25-11-20-23-18(25)28-10-16(26)22-19(4,5)17-21-13(3)27-24-17/h6-9,11-12H,10H2,1-5H3,(H,22,26). The van der Waals surface area contributed by atoms with Crippen LogP contribution in [0, 0.1) is 6.92 Å². The van der Waals surface area contributed by atoms with E-state index in [4.69, 9.17) is 4.52 Å². The molecule has 0 aliphatic heterocycles. The summed E-state index contributed by atoms with van der Waals surface area (Å²) in [6, 6.07) is 8.25. The Morgan fingerprint density at radius 1 is 1.29 bits per heavy atom. The minimum absolute atomic E-state index is 0.151. The van der Waals surface area contributed by atoms with Crippen molar-refractivity contribution < 1.29 is 9.32 Å². The van der Waals surface area contributed by atoms with Crippen molar-refractivity contribution in [1.29, 1.82) is 0 Å². The third-order valence-corrected chi connectivity index (χ3v) is 5.17. The van der Waals surface area contributed by atoms with Gasteiger partial charge in [-0.1, -0.05) is 42.9 Å². The average Bonchev–Trinajstić information content (AvgIpc) is 3.29. The second-order valence-corrected chi connectivity index (χ2v) is 8.27. The van der Waals surface area contributed by atoms with Crippen molar-refractivity contribution in [3.63, 3.8) is 0 Å². The van der Waals surface area contributed by atoms with Crippen LogP contribution in [0.15, 0.2) is 40.3 Å². The van der Waals surface area contributed by atoms with Crippen LogP contribution in [0.4, 0.5) is 0 Å². The van der Waals surface area contributed by atoms with E-state index in [1.54, 1.807) is 13.3 Å². The van der Waals surface area contributed by atoms with Gasteiger partial charge in [-0.2, -0.15) is 4.98 Å². The van der Waals surface area contributed by atoms with Crippen molar-refractivity contribution in [3.8, 4) is 5.69 Å². The van der Waals surface area contributed by atoms with Gasteiger partial charge in [-0.05, 0) is 37.5 Å². The van der Waals surface area contributed by atoms with Gasteiger partial charge in [-0.25, -0.2) is 0 Å². The fourth-order valence-corrected chi connectivity index (χ4v) is 3.37. The van der Waals surface area contributed by atoms with Gasteiger partial charge in [0.1, 0.15) is 6.33 Å². The lowest BCUT2D eigenvalue weighted by Crippen LogP contribution is -2.42. The average molecular weight is 401 g/mol. The summed E-state index contributed by atoms with van der Waals surface area (Å²) in [5.74, 6) is 1.42. The molecule has 0 spiro atoms. The highest BCUT2D eigenvalue weighted by molar-refractivity contribution is 7.99. The van der Waals surface area contributed by atoms with Gasteiger partial charge >= 0.3 is 0 Å². The first-order chi connectivity index (χ1) is 13.3. The normalized spacial score (nSPS) is 11.8. The Bertz CT molecular complexity index is 946. The molecule has 0 saturated heterocycles. The van der Waals surface area contributed by atoms with Crippen LogP contribution in [0.3, 0.4) is 0 Å². The quantitative estimate of drug-likeness (QED) is 0.608. The summed E-state index contributed by atoms with van der Waals surface area (Å²) in [4.78, 5) is 16.6. The predicted molar refractivity (Wildman–Crippen MR) is 106 cm³/mol. The minimum Gasteiger partial charge on any atom is -0.343 e. The van der Waals surface area contributed by atoms with E-state index in [2.05, 4.69) is 51.6 Å². The maximum atomic E-state index is 12.4. The monoisotopic (exact) mass is 400 g/mol. The Morgan fingerprint density at radius 2 is 2.00 bits per heavy atom. The van der Waals surface area contributed by atoms with Gasteiger partial charge in [0.25, 0.3) is 0 Å². The molecule has 148 valence electrons. The molecule has 2 heterocycles. The largest absolute Gasteiger partial charge is 0.343 e. The van der Waals surface area contributed by atoms with E-state index in [0.29, 0.717) is 22.8 Å². The number of nitrogens with zero attached hydrogens (tertiary/aromatic N) is 5. The van der Waals surface area contributed by atoms with Crippen molar-refractivity contribution in [2.24, 2.45) is 0 Å². The molecule has 9 heteroatoms. The van der Waals surface area contributed by atoms with Crippen LogP contribution in [0.5, 0.6) is 0 Å². The number of rotatable bonds is 7. The lowest BCUT2D eigenvalue weighted by Gasteiger charge is -2.22. The molecule has 0 fully saturated rings. The summed E-state index contributed by atoms with van der Waals surface area (Å²) in [5, 5.41) is 15.6. The summed E-state index contributed by atoms with van der Waals surface area (Å²) < 4.78 is 6.87. The molecule has 2 aromatic heterocycles. The summed E-state index contributed by atoms with van der Waals surface area (Å²) in [5.41, 5.74) is 1.50. The van der Waals surface area contributed by atoms with Gasteiger partial charge in [0, 0.05) is 12.6 Å². The fourth-order valence-electron chi connectivity index (χ4n) is 2.64. The van der Waals surface area contributed by atoms with Crippen LogP contribution in [-0.2, 0) is 10.3 Å². The molecule has 0 atom stereocenters. The number of aromatic nitrogens is 5. The van der Waals surface area contributed by atoms with Gasteiger partial charge in [0.05, 0.1) is 11.3 Å². The van der Waals surface area contributed by atoms with Crippen molar-refractivity contribution in [2.75, 3.05) is 5.75 Å². The topological polar surface area (TPSA) is 98.7 Å². The number of carbonyl (C=O) groups is 1. The molecule has 0 radical (unpaired) electrons. The van der Waals surface area contributed by atoms with Crippen LogP contribution in [-0.4, -0.2) is 36.6 Å². The molecule has 8 nitrogen and oxygen atoms in total. The molecule has 1 amide bonds. The van der Waals surface area contributed by atoms with Gasteiger partial charge < -0.3 is 9.84 Å². The third kappa shape index (κ3) is 4.59. The summed E-state index contributed by atoms with van der Waals surface area (Å²) >= 11 is 1.32. The molecule has 28 heavy (non-hydrogen) atoms. The minimum atomic E-state index is -0.726. The zero-order valence-corrected chi connectivity index (χ0v) is 17.4. The highest BCUT2D eigenvalue weighted by Crippen LogP contribution is 2.22. The Balaban J connectivity index is 1.64. The first kappa shape index (κ1) is 20.1. The Morgan fingerprint density at radius 3 is 2.61 bits per heavy atom. The van der Waals surface area contributed by atoms with E-state index in [1.165, 1.54) is 17.3 Å². The molecule has 3 aromatic rings. The van der Waals surface area contributed by atoms with E-state index in [-0.39, 0.29) is 11.7 Å². The highest BCUT2D eigenvalue weighted by atomic mass is 32.2. The number of benzene rings is 1. The molecular weight excluding hydrogens is 376 g/mol. The smallest absolute Gasteiger partial charge is 0.231 e. The first-order valence-electron chi connectivity index (χ1n) is 9.01. The number of nitrogens with one attached hydrogen (secondary N) is 1. The summed E-state index contributed by atoms with van der Waals surface area (Å²) in [6.45, 7) is 9.69. The molecular formula is C19H24N6O2S. The van der Waals surface area contributed by atoms with Crippen molar-refractivity contribution in [2.45, 2.75) is 51.2 Å². The maximum absolute atomic E-state index is 12.4. The van der Waals surface area contributed by atoms with Crippen molar-refractivity contribution in [3.05, 3.63) is 47.9 Å². The van der Waals surface area contributed by atoms with Crippen LogP contribution in [0.1, 0.15) is 50.9 Å². The van der Waals surface area contributed by atoms with E-state index in [1.807, 2.05) is 30.5 Å². The van der Waals surface area contributed by atoms with Crippen LogP contribution < -0.4 is 5.32 Å². The molecule has 0 bridgehead atoms. The maximum Gasteiger partial charge on any atom is 0.231 e. The lowest BCUT2D eigenvalue weighted by molar-refractivity contribution is -0.120.